The van der Waals surface area contributed by atoms with Crippen molar-refractivity contribution in [3.63, 3.8) is 0 Å². The Labute approximate surface area is 124 Å². The van der Waals surface area contributed by atoms with Gasteiger partial charge in [-0.2, -0.15) is 0 Å². The van der Waals surface area contributed by atoms with E-state index in [2.05, 4.69) is 42.8 Å². The van der Waals surface area contributed by atoms with Gasteiger partial charge in [0.15, 0.2) is 11.9 Å². The van der Waals surface area contributed by atoms with Gasteiger partial charge in [0.1, 0.15) is 6.54 Å². The molecule has 2 aliphatic rings. The van der Waals surface area contributed by atoms with Gasteiger partial charge in [-0.25, -0.2) is 4.57 Å². The number of pyridine rings is 1. The zero-order valence-corrected chi connectivity index (χ0v) is 13.3. The van der Waals surface area contributed by atoms with Crippen molar-refractivity contribution in [1.82, 2.24) is 0 Å². The molecular weight excluding hydrogens is 242 g/mol. The lowest BCUT2D eigenvalue weighted by atomic mass is 9.64. The number of rotatable bonds is 4. The van der Waals surface area contributed by atoms with Gasteiger partial charge in [-0.15, -0.1) is 0 Å². The minimum absolute atomic E-state index is 0.407. The molecule has 0 spiro atoms. The molecule has 0 aromatic carbocycles. The third-order valence-corrected chi connectivity index (χ3v) is 6.24. The fourth-order valence-corrected chi connectivity index (χ4v) is 5.04. The summed E-state index contributed by atoms with van der Waals surface area (Å²) in [5, 5.41) is 0. The van der Waals surface area contributed by atoms with Crippen LogP contribution in [0.4, 0.5) is 0 Å². The average Bonchev–Trinajstić information content (AvgIpc) is 3.19. The van der Waals surface area contributed by atoms with E-state index in [0.29, 0.717) is 5.41 Å². The highest BCUT2D eigenvalue weighted by atomic mass is 15.0. The highest BCUT2D eigenvalue weighted by Gasteiger charge is 2.49. The quantitative estimate of drug-likeness (QED) is 0.703. The molecule has 1 aromatic heterocycles. The van der Waals surface area contributed by atoms with E-state index in [1.807, 2.05) is 0 Å². The molecule has 1 nitrogen and oxygen atoms in total. The monoisotopic (exact) mass is 272 g/mol. The molecule has 1 heteroatoms. The Morgan fingerprint density at radius 3 is 2.05 bits per heavy atom. The first kappa shape index (κ1) is 14.1. The van der Waals surface area contributed by atoms with Crippen molar-refractivity contribution in [3.05, 3.63) is 30.1 Å². The van der Waals surface area contributed by atoms with E-state index in [-0.39, 0.29) is 0 Å². The van der Waals surface area contributed by atoms with Crippen LogP contribution in [0.3, 0.4) is 0 Å². The fraction of sp³-hybridized carbons (Fsp3) is 0.737. The van der Waals surface area contributed by atoms with Gasteiger partial charge in [-0.05, 0) is 51.4 Å². The molecule has 0 amide bonds. The predicted molar refractivity (Wildman–Crippen MR) is 83.6 cm³/mol. The van der Waals surface area contributed by atoms with E-state index in [4.69, 9.17) is 0 Å². The Kier molecular flexibility index (Phi) is 4.14. The van der Waals surface area contributed by atoms with Crippen LogP contribution in [0.5, 0.6) is 0 Å². The van der Waals surface area contributed by atoms with Gasteiger partial charge in [-0.1, -0.05) is 31.7 Å². The Bertz CT molecular complexity index is 423. The van der Waals surface area contributed by atoms with Crippen LogP contribution < -0.4 is 4.57 Å². The Hall–Kier alpha value is -0.850. The first-order chi connectivity index (χ1) is 9.76. The molecule has 2 fully saturated rings. The van der Waals surface area contributed by atoms with Crippen molar-refractivity contribution in [1.29, 1.82) is 0 Å². The van der Waals surface area contributed by atoms with Crippen molar-refractivity contribution in [2.75, 3.05) is 0 Å². The minimum atomic E-state index is 0.407. The number of hydrogen-bond acceptors (Lipinski definition) is 0. The molecule has 20 heavy (non-hydrogen) atoms. The summed E-state index contributed by atoms with van der Waals surface area (Å²) in [6, 6.07) is 6.86. The minimum Gasteiger partial charge on any atom is -0.202 e. The van der Waals surface area contributed by atoms with Gasteiger partial charge in [-0.3, -0.25) is 0 Å². The summed E-state index contributed by atoms with van der Waals surface area (Å²) in [5.41, 5.74) is 2.02. The van der Waals surface area contributed by atoms with Crippen molar-refractivity contribution in [2.45, 2.75) is 77.2 Å². The van der Waals surface area contributed by atoms with Crippen LogP contribution in [0.1, 0.15) is 70.9 Å². The highest BCUT2D eigenvalue weighted by Crippen LogP contribution is 2.50. The molecule has 0 saturated heterocycles. The van der Waals surface area contributed by atoms with E-state index < -0.39 is 0 Å². The number of hydrogen-bond donors (Lipinski definition) is 0. The molecular formula is C19H30N+. The zero-order valence-electron chi connectivity index (χ0n) is 13.3. The molecule has 2 saturated carbocycles. The van der Waals surface area contributed by atoms with Crippen LogP contribution in [0.2, 0.25) is 0 Å². The van der Waals surface area contributed by atoms with Crippen LogP contribution in [-0.4, -0.2) is 0 Å². The molecule has 0 unspecified atom stereocenters. The second-order valence-corrected chi connectivity index (χ2v) is 7.12. The van der Waals surface area contributed by atoms with Gasteiger partial charge in [0, 0.05) is 12.1 Å². The van der Waals surface area contributed by atoms with Gasteiger partial charge < -0.3 is 0 Å². The fourth-order valence-electron chi connectivity index (χ4n) is 5.04. The standard InChI is InChI=1S/C19H30N/c1-3-20-15-9-8-14-18(20)19(2,16-10-4-5-11-16)17-12-6-7-13-17/h8-9,14-17H,3-7,10-13H2,1-2H3/q+1. The second kappa shape index (κ2) is 5.87. The third kappa shape index (κ3) is 2.29. The summed E-state index contributed by atoms with van der Waals surface area (Å²) in [4.78, 5) is 0. The van der Waals surface area contributed by atoms with Gasteiger partial charge in [0.2, 0.25) is 0 Å². The summed E-state index contributed by atoms with van der Waals surface area (Å²) < 4.78 is 2.51. The molecule has 0 bridgehead atoms. The van der Waals surface area contributed by atoms with E-state index in [1.165, 1.54) is 51.4 Å². The van der Waals surface area contributed by atoms with Crippen molar-refractivity contribution in [3.8, 4) is 0 Å². The first-order valence-corrected chi connectivity index (χ1v) is 8.75. The van der Waals surface area contributed by atoms with Crippen LogP contribution in [-0.2, 0) is 12.0 Å². The molecule has 2 aliphatic carbocycles. The lowest BCUT2D eigenvalue weighted by Crippen LogP contribution is -2.49. The maximum Gasteiger partial charge on any atom is 0.187 e. The molecule has 0 N–H and O–H groups in total. The predicted octanol–water partition coefficient (Wildman–Crippen LogP) is 4.63. The normalized spacial score (nSPS) is 21.7. The number of aromatic nitrogens is 1. The van der Waals surface area contributed by atoms with Gasteiger partial charge in [0.25, 0.3) is 0 Å². The molecule has 1 heterocycles. The summed E-state index contributed by atoms with van der Waals surface area (Å²) in [6.45, 7) is 5.99. The first-order valence-electron chi connectivity index (χ1n) is 8.75. The molecule has 0 radical (unpaired) electrons. The van der Waals surface area contributed by atoms with E-state index in [1.54, 1.807) is 5.69 Å². The maximum absolute atomic E-state index is 2.60. The SMILES string of the molecule is CC[n+]1ccccc1C(C)(C1CCCC1)C1CCCC1. The van der Waals surface area contributed by atoms with Crippen LogP contribution >= 0.6 is 0 Å². The van der Waals surface area contributed by atoms with Crippen LogP contribution in [0, 0.1) is 11.8 Å². The summed E-state index contributed by atoms with van der Waals surface area (Å²) >= 11 is 0. The molecule has 0 aliphatic heterocycles. The summed E-state index contributed by atoms with van der Waals surface area (Å²) in [5.74, 6) is 1.82. The Balaban J connectivity index is 2.03. The maximum atomic E-state index is 2.60. The summed E-state index contributed by atoms with van der Waals surface area (Å²) in [7, 11) is 0. The zero-order chi connectivity index (χ0) is 14.0. The lowest BCUT2D eigenvalue weighted by molar-refractivity contribution is -0.705. The van der Waals surface area contributed by atoms with E-state index >= 15 is 0 Å². The van der Waals surface area contributed by atoms with Crippen LogP contribution in [0.25, 0.3) is 0 Å². The molecule has 110 valence electrons. The smallest absolute Gasteiger partial charge is 0.187 e. The lowest BCUT2D eigenvalue weighted by Gasteiger charge is -2.39. The van der Waals surface area contributed by atoms with Crippen molar-refractivity contribution < 1.29 is 4.57 Å². The molecule has 0 atom stereocenters. The molecule has 3 rings (SSSR count). The number of aryl methyl sites for hydroxylation is 1. The van der Waals surface area contributed by atoms with Gasteiger partial charge in [0.05, 0.1) is 5.41 Å². The second-order valence-electron chi connectivity index (χ2n) is 7.12. The largest absolute Gasteiger partial charge is 0.202 e. The number of nitrogens with zero attached hydrogens (tertiary/aromatic N) is 1. The third-order valence-electron chi connectivity index (χ3n) is 6.24. The van der Waals surface area contributed by atoms with Crippen molar-refractivity contribution >= 4 is 0 Å². The van der Waals surface area contributed by atoms with E-state index in [0.717, 1.165) is 18.4 Å². The van der Waals surface area contributed by atoms with Crippen LogP contribution in [0.15, 0.2) is 24.4 Å². The van der Waals surface area contributed by atoms with E-state index in [9.17, 15) is 0 Å². The molecule has 1 aromatic rings. The summed E-state index contributed by atoms with van der Waals surface area (Å²) in [6.07, 6.45) is 13.9. The van der Waals surface area contributed by atoms with Crippen molar-refractivity contribution in [2.24, 2.45) is 11.8 Å². The Morgan fingerprint density at radius 2 is 1.55 bits per heavy atom. The van der Waals surface area contributed by atoms with Gasteiger partial charge >= 0.3 is 0 Å². The highest BCUT2D eigenvalue weighted by molar-refractivity contribution is 5.17. The average molecular weight is 272 g/mol. The topological polar surface area (TPSA) is 3.88 Å². The Morgan fingerprint density at radius 1 is 1.00 bits per heavy atom.